The minimum absolute atomic E-state index is 0.250. The van der Waals surface area contributed by atoms with Crippen molar-refractivity contribution in [1.82, 2.24) is 5.32 Å². The number of amides is 1. The molecule has 1 aliphatic rings. The Bertz CT molecular complexity index is 1070. The highest BCUT2D eigenvalue weighted by molar-refractivity contribution is 5.76. The van der Waals surface area contributed by atoms with Gasteiger partial charge in [-0.2, -0.15) is 0 Å². The zero-order valence-corrected chi connectivity index (χ0v) is 45.5. The summed E-state index contributed by atoms with van der Waals surface area (Å²) >= 11 is 0. The Balaban J connectivity index is 2.15. The number of hydrogen-bond donors (Lipinski definition) is 7. The van der Waals surface area contributed by atoms with Crippen LogP contribution >= 0.6 is 0 Å². The summed E-state index contributed by atoms with van der Waals surface area (Å²) < 4.78 is 11.2. The van der Waals surface area contributed by atoms with Crippen molar-refractivity contribution in [2.75, 3.05) is 13.2 Å². The molecule has 10 heteroatoms. The fourth-order valence-corrected chi connectivity index (χ4v) is 10.2. The minimum atomic E-state index is -1.60. The first kappa shape index (κ1) is 66.2. The van der Waals surface area contributed by atoms with E-state index in [1.165, 1.54) is 244 Å². The standard InChI is InChI=1S/C59H117NO9/c1-3-5-7-9-11-13-15-17-19-20-21-22-23-24-25-26-27-28-29-30-31-32-33-34-36-38-40-42-44-46-48-54(63)60-51(50-68-59-58(67)57(66)56(65)53(49-61)69-59)55(64)52(62)47-45-43-41-39-37-35-18-16-14-12-10-8-6-4-2/h51-53,55-59,61-62,64-67H,3-50H2,1-2H3,(H,60,63)/t51-,52+,53+,55-,56+,57?,58?,59+/m0/s1. The second-order valence-corrected chi connectivity index (χ2v) is 21.7. The minimum Gasteiger partial charge on any atom is -0.394 e. The van der Waals surface area contributed by atoms with Crippen molar-refractivity contribution in [3.63, 3.8) is 0 Å². The van der Waals surface area contributed by atoms with Crippen LogP contribution in [0.1, 0.15) is 309 Å². The third-order valence-corrected chi connectivity index (χ3v) is 15.1. The summed E-state index contributed by atoms with van der Waals surface area (Å²) in [4.78, 5) is 13.1. The van der Waals surface area contributed by atoms with E-state index in [0.29, 0.717) is 6.42 Å². The number of rotatable bonds is 53. The lowest BCUT2D eigenvalue weighted by molar-refractivity contribution is -0.303. The molecule has 0 aromatic rings. The van der Waals surface area contributed by atoms with Crippen LogP contribution in [0.4, 0.5) is 0 Å². The molecule has 0 bridgehead atoms. The number of ether oxygens (including phenoxy) is 2. The van der Waals surface area contributed by atoms with Crippen molar-refractivity contribution in [3.05, 3.63) is 0 Å². The summed E-state index contributed by atoms with van der Waals surface area (Å²) in [5, 5.41) is 65.5. The summed E-state index contributed by atoms with van der Waals surface area (Å²) in [6.45, 7) is 3.66. The van der Waals surface area contributed by atoms with Gasteiger partial charge in [-0.25, -0.2) is 0 Å². The van der Waals surface area contributed by atoms with Gasteiger partial charge in [0, 0.05) is 6.42 Å². The largest absolute Gasteiger partial charge is 0.394 e. The zero-order chi connectivity index (χ0) is 50.3. The van der Waals surface area contributed by atoms with Crippen LogP contribution in [0.2, 0.25) is 0 Å². The second kappa shape index (κ2) is 49.4. The lowest BCUT2D eigenvalue weighted by atomic mass is 9.98. The highest BCUT2D eigenvalue weighted by Gasteiger charge is 2.44. The molecule has 1 heterocycles. The van der Waals surface area contributed by atoms with E-state index >= 15 is 0 Å². The van der Waals surface area contributed by atoms with Gasteiger partial charge in [-0.05, 0) is 12.8 Å². The molecule has 1 amide bonds. The van der Waals surface area contributed by atoms with Gasteiger partial charge in [-0.3, -0.25) is 4.79 Å². The number of aliphatic hydroxyl groups is 6. The molecule has 2 unspecified atom stereocenters. The maximum Gasteiger partial charge on any atom is 0.220 e. The van der Waals surface area contributed by atoms with Gasteiger partial charge in [0.15, 0.2) is 6.29 Å². The fraction of sp³-hybridized carbons (Fsp3) is 0.983. The monoisotopic (exact) mass is 984 g/mol. The summed E-state index contributed by atoms with van der Waals surface area (Å²) in [5.74, 6) is -0.250. The van der Waals surface area contributed by atoms with Gasteiger partial charge in [0.05, 0.1) is 25.4 Å². The van der Waals surface area contributed by atoms with E-state index in [9.17, 15) is 35.4 Å². The number of aliphatic hydroxyl groups excluding tert-OH is 6. The van der Waals surface area contributed by atoms with Crippen molar-refractivity contribution in [2.45, 2.75) is 358 Å². The van der Waals surface area contributed by atoms with Gasteiger partial charge >= 0.3 is 0 Å². The number of nitrogens with one attached hydrogen (secondary N) is 1. The SMILES string of the molecule is CCCCCCCCCCCCCCCCCCCCCCCCCCCCCCCCC(=O)N[C@@H](CO[C@@H]1O[C@H](CO)[C@@H](O)C(O)C1O)[C@H](O)[C@H](O)CCCCCCCCCCCCCCCC. The third-order valence-electron chi connectivity index (χ3n) is 15.1. The van der Waals surface area contributed by atoms with E-state index in [4.69, 9.17) is 9.47 Å². The van der Waals surface area contributed by atoms with Crippen molar-refractivity contribution < 1.29 is 44.9 Å². The van der Waals surface area contributed by atoms with E-state index in [1.807, 2.05) is 0 Å². The molecule has 10 nitrogen and oxygen atoms in total. The molecular weight excluding hydrogens is 867 g/mol. The maximum absolute atomic E-state index is 13.1. The molecule has 0 radical (unpaired) electrons. The van der Waals surface area contributed by atoms with E-state index in [1.54, 1.807) is 0 Å². The van der Waals surface area contributed by atoms with Crippen molar-refractivity contribution >= 4 is 5.91 Å². The average Bonchev–Trinajstić information content (AvgIpc) is 3.35. The zero-order valence-electron chi connectivity index (χ0n) is 45.5. The van der Waals surface area contributed by atoms with Crippen LogP contribution in [0, 0.1) is 0 Å². The third kappa shape index (κ3) is 38.4. The molecule has 1 fully saturated rings. The molecule has 0 spiro atoms. The fourth-order valence-electron chi connectivity index (χ4n) is 10.2. The molecule has 7 N–H and O–H groups in total. The molecule has 69 heavy (non-hydrogen) atoms. The lowest BCUT2D eigenvalue weighted by Crippen LogP contribution is -2.60. The van der Waals surface area contributed by atoms with Crippen LogP contribution in [0.3, 0.4) is 0 Å². The van der Waals surface area contributed by atoms with Crippen LogP contribution in [0.25, 0.3) is 0 Å². The summed E-state index contributed by atoms with van der Waals surface area (Å²) in [6, 6.07) is -0.986. The molecule has 0 aromatic carbocycles. The Morgan fingerprint density at radius 1 is 0.449 bits per heavy atom. The summed E-state index contributed by atoms with van der Waals surface area (Å²) in [6.07, 6.45) is 48.6. The molecule has 1 aliphatic heterocycles. The molecule has 0 saturated carbocycles. The van der Waals surface area contributed by atoms with Crippen molar-refractivity contribution in [3.8, 4) is 0 Å². The highest BCUT2D eigenvalue weighted by atomic mass is 16.7. The van der Waals surface area contributed by atoms with Crippen molar-refractivity contribution in [1.29, 1.82) is 0 Å². The summed E-state index contributed by atoms with van der Waals surface area (Å²) in [5.41, 5.74) is 0. The molecular formula is C59H117NO9. The molecule has 1 rings (SSSR count). The Morgan fingerprint density at radius 3 is 1.07 bits per heavy atom. The van der Waals surface area contributed by atoms with Crippen molar-refractivity contribution in [2.24, 2.45) is 0 Å². The van der Waals surface area contributed by atoms with E-state index < -0.39 is 55.6 Å². The smallest absolute Gasteiger partial charge is 0.220 e. The van der Waals surface area contributed by atoms with Gasteiger partial charge < -0.3 is 45.4 Å². The Hall–Kier alpha value is -0.850. The van der Waals surface area contributed by atoms with Gasteiger partial charge in [-0.1, -0.05) is 290 Å². The normalized spacial score (nSPS) is 19.8. The van der Waals surface area contributed by atoms with Gasteiger partial charge in [0.2, 0.25) is 5.91 Å². The molecule has 412 valence electrons. The Kier molecular flexibility index (Phi) is 47.3. The Morgan fingerprint density at radius 2 is 0.754 bits per heavy atom. The van der Waals surface area contributed by atoms with Gasteiger partial charge in [0.1, 0.15) is 30.5 Å². The molecule has 1 saturated heterocycles. The van der Waals surface area contributed by atoms with Crippen LogP contribution in [0.15, 0.2) is 0 Å². The second-order valence-electron chi connectivity index (χ2n) is 21.7. The first-order valence-corrected chi connectivity index (χ1v) is 30.3. The van der Waals surface area contributed by atoms with Crippen LogP contribution in [-0.4, -0.2) is 98.7 Å². The molecule has 8 atom stereocenters. The summed E-state index contributed by atoms with van der Waals surface area (Å²) in [7, 11) is 0. The van der Waals surface area contributed by atoms with E-state index in [-0.39, 0.29) is 18.9 Å². The number of hydrogen-bond acceptors (Lipinski definition) is 9. The number of unbranched alkanes of at least 4 members (excludes halogenated alkanes) is 42. The quantitative estimate of drug-likeness (QED) is 0.0293. The van der Waals surface area contributed by atoms with Crippen LogP contribution in [0.5, 0.6) is 0 Å². The predicted molar refractivity (Wildman–Crippen MR) is 287 cm³/mol. The first-order valence-electron chi connectivity index (χ1n) is 30.3. The average molecular weight is 985 g/mol. The van der Waals surface area contributed by atoms with E-state index in [2.05, 4.69) is 19.2 Å². The predicted octanol–water partition coefficient (Wildman–Crippen LogP) is 14.0. The van der Waals surface area contributed by atoms with Crippen LogP contribution < -0.4 is 5.32 Å². The topological polar surface area (TPSA) is 169 Å². The van der Waals surface area contributed by atoms with E-state index in [0.717, 1.165) is 38.5 Å². The van der Waals surface area contributed by atoms with Gasteiger partial charge in [0.25, 0.3) is 0 Å². The Labute approximate surface area is 426 Å². The molecule has 0 aromatic heterocycles. The highest BCUT2D eigenvalue weighted by Crippen LogP contribution is 2.24. The first-order chi connectivity index (χ1) is 33.8. The number of carbonyl (C=O) groups is 1. The number of carbonyl (C=O) groups excluding carboxylic acids is 1. The van der Waals surface area contributed by atoms with Gasteiger partial charge in [-0.15, -0.1) is 0 Å². The maximum atomic E-state index is 13.1. The lowest BCUT2D eigenvalue weighted by Gasteiger charge is -2.40. The van der Waals surface area contributed by atoms with Crippen LogP contribution in [-0.2, 0) is 14.3 Å². The molecule has 0 aliphatic carbocycles.